The van der Waals surface area contributed by atoms with Crippen molar-refractivity contribution in [2.45, 2.75) is 63.8 Å². The Morgan fingerprint density at radius 2 is 1.84 bits per heavy atom. The molecule has 3 rings (SSSR count). The van der Waals surface area contributed by atoms with Crippen molar-refractivity contribution < 1.29 is 9.59 Å². The Bertz CT molecular complexity index is 623. The van der Waals surface area contributed by atoms with E-state index in [2.05, 4.69) is 10.6 Å². The summed E-state index contributed by atoms with van der Waals surface area (Å²) < 4.78 is 0. The first-order valence-electron chi connectivity index (χ1n) is 9.56. The Kier molecular flexibility index (Phi) is 5.95. The van der Waals surface area contributed by atoms with Crippen LogP contribution in [0.25, 0.3) is 0 Å². The number of aryl methyl sites for hydroxylation is 1. The smallest absolute Gasteiger partial charge is 0.239 e. The number of nitrogens with one attached hydrogen (secondary N) is 2. The molecule has 2 aliphatic carbocycles. The Labute approximate surface area is 149 Å². The number of anilines is 1. The normalized spacial score (nSPS) is 20.6. The second kappa shape index (κ2) is 8.37. The van der Waals surface area contributed by atoms with Gasteiger partial charge in [0.2, 0.25) is 11.8 Å². The monoisotopic (exact) mass is 343 g/mol. The highest BCUT2D eigenvalue weighted by molar-refractivity contribution is 5.85. The first-order chi connectivity index (χ1) is 12.1. The molecular formula is C20H29N3O2. The van der Waals surface area contributed by atoms with Gasteiger partial charge in [0.05, 0.1) is 12.6 Å². The molecule has 2 aliphatic rings. The van der Waals surface area contributed by atoms with Crippen LogP contribution in [0.4, 0.5) is 5.69 Å². The molecule has 5 nitrogen and oxygen atoms in total. The number of nitrogen functional groups attached to an aromatic ring is 1. The minimum Gasteiger partial charge on any atom is -0.399 e. The van der Waals surface area contributed by atoms with Gasteiger partial charge in [0, 0.05) is 12.1 Å². The van der Waals surface area contributed by atoms with Crippen LogP contribution in [0.1, 0.15) is 68.5 Å². The second-order valence-corrected chi connectivity index (χ2v) is 7.46. The maximum Gasteiger partial charge on any atom is 0.239 e. The molecule has 25 heavy (non-hydrogen) atoms. The van der Waals surface area contributed by atoms with Gasteiger partial charge in [0.15, 0.2) is 0 Å². The van der Waals surface area contributed by atoms with E-state index in [9.17, 15) is 9.59 Å². The topological polar surface area (TPSA) is 84.2 Å². The molecule has 0 heterocycles. The molecule has 0 aromatic heterocycles. The Morgan fingerprint density at radius 3 is 2.64 bits per heavy atom. The van der Waals surface area contributed by atoms with Gasteiger partial charge >= 0.3 is 0 Å². The van der Waals surface area contributed by atoms with E-state index in [1.165, 1.54) is 24.8 Å². The number of carbonyl (C=O) groups excluding carboxylic acids is 2. The van der Waals surface area contributed by atoms with Crippen molar-refractivity contribution in [2.24, 2.45) is 5.92 Å². The molecule has 5 heteroatoms. The maximum absolute atomic E-state index is 12.2. The summed E-state index contributed by atoms with van der Waals surface area (Å²) in [5, 5.41) is 5.84. The Morgan fingerprint density at radius 1 is 1.04 bits per heavy atom. The van der Waals surface area contributed by atoms with E-state index in [0.717, 1.165) is 43.4 Å². The van der Waals surface area contributed by atoms with Crippen LogP contribution in [0.15, 0.2) is 18.2 Å². The van der Waals surface area contributed by atoms with Crippen molar-refractivity contribution in [3.8, 4) is 0 Å². The molecule has 1 aromatic carbocycles. The van der Waals surface area contributed by atoms with E-state index < -0.39 is 0 Å². The van der Waals surface area contributed by atoms with Crippen LogP contribution in [-0.4, -0.2) is 18.4 Å². The lowest BCUT2D eigenvalue weighted by atomic mass is 9.87. The van der Waals surface area contributed by atoms with Crippen LogP contribution in [0.3, 0.4) is 0 Å². The van der Waals surface area contributed by atoms with Crippen molar-refractivity contribution >= 4 is 17.5 Å². The number of rotatable bonds is 5. The molecule has 0 spiro atoms. The van der Waals surface area contributed by atoms with Crippen LogP contribution in [0.2, 0.25) is 0 Å². The third kappa shape index (κ3) is 4.97. The second-order valence-electron chi connectivity index (χ2n) is 7.46. The molecule has 1 atom stereocenters. The van der Waals surface area contributed by atoms with Crippen LogP contribution in [0, 0.1) is 5.92 Å². The average Bonchev–Trinajstić information content (AvgIpc) is 2.61. The van der Waals surface area contributed by atoms with Gasteiger partial charge in [-0.3, -0.25) is 9.59 Å². The van der Waals surface area contributed by atoms with Gasteiger partial charge in [-0.05, 0) is 61.3 Å². The molecule has 136 valence electrons. The summed E-state index contributed by atoms with van der Waals surface area (Å²) in [7, 11) is 0. The third-order valence-electron chi connectivity index (χ3n) is 5.46. The quantitative estimate of drug-likeness (QED) is 0.719. The zero-order valence-corrected chi connectivity index (χ0v) is 14.9. The summed E-state index contributed by atoms with van der Waals surface area (Å²) in [6, 6.07) is 5.91. The highest BCUT2D eigenvalue weighted by atomic mass is 16.2. The molecule has 0 aliphatic heterocycles. The molecule has 0 radical (unpaired) electrons. The lowest BCUT2D eigenvalue weighted by Crippen LogP contribution is -2.40. The predicted octanol–water partition coefficient (Wildman–Crippen LogP) is 2.85. The number of benzene rings is 1. The minimum atomic E-state index is -0.119. The van der Waals surface area contributed by atoms with Gasteiger partial charge in [-0.1, -0.05) is 25.3 Å². The standard InChI is InChI=1S/C20H29N3O2/c21-16-9-10-17-15(12-16)7-4-8-18(17)23-20(25)13-22-19(24)11-14-5-2-1-3-6-14/h9-10,12,14,18H,1-8,11,13,21H2,(H,22,24)(H,23,25). The molecular weight excluding hydrogens is 314 g/mol. The van der Waals surface area contributed by atoms with Gasteiger partial charge in [-0.25, -0.2) is 0 Å². The van der Waals surface area contributed by atoms with Crippen LogP contribution in [0.5, 0.6) is 0 Å². The largest absolute Gasteiger partial charge is 0.399 e. The van der Waals surface area contributed by atoms with E-state index in [0.29, 0.717) is 12.3 Å². The predicted molar refractivity (Wildman–Crippen MR) is 98.9 cm³/mol. The van der Waals surface area contributed by atoms with E-state index in [1.54, 1.807) is 0 Å². The average molecular weight is 343 g/mol. The zero-order valence-electron chi connectivity index (χ0n) is 14.9. The molecule has 2 amide bonds. The summed E-state index contributed by atoms with van der Waals surface area (Å²) >= 11 is 0. The van der Waals surface area contributed by atoms with E-state index >= 15 is 0 Å². The highest BCUT2D eigenvalue weighted by Gasteiger charge is 2.22. The van der Waals surface area contributed by atoms with Crippen LogP contribution in [-0.2, 0) is 16.0 Å². The number of hydrogen-bond acceptors (Lipinski definition) is 3. The first-order valence-corrected chi connectivity index (χ1v) is 9.56. The number of carbonyl (C=O) groups is 2. The van der Waals surface area contributed by atoms with Crippen molar-refractivity contribution in [3.63, 3.8) is 0 Å². The van der Waals surface area contributed by atoms with Crippen LogP contribution < -0.4 is 16.4 Å². The minimum absolute atomic E-state index is 0.00105. The van der Waals surface area contributed by atoms with Gasteiger partial charge in [-0.15, -0.1) is 0 Å². The molecule has 1 fully saturated rings. The van der Waals surface area contributed by atoms with Gasteiger partial charge < -0.3 is 16.4 Å². The maximum atomic E-state index is 12.2. The number of hydrogen-bond donors (Lipinski definition) is 3. The van der Waals surface area contributed by atoms with Gasteiger partial charge in [0.25, 0.3) is 0 Å². The molecule has 1 unspecified atom stereocenters. The summed E-state index contributed by atoms with van der Waals surface area (Å²) in [6.07, 6.45) is 9.55. The Hall–Kier alpha value is -2.04. The fourth-order valence-corrected chi connectivity index (χ4v) is 4.13. The van der Waals surface area contributed by atoms with Gasteiger partial charge in [0.1, 0.15) is 0 Å². The number of nitrogens with two attached hydrogens (primary N) is 1. The van der Waals surface area contributed by atoms with Crippen molar-refractivity contribution in [1.82, 2.24) is 10.6 Å². The number of fused-ring (bicyclic) bond motifs is 1. The fourth-order valence-electron chi connectivity index (χ4n) is 4.13. The Balaban J connectivity index is 1.46. The van der Waals surface area contributed by atoms with E-state index in [4.69, 9.17) is 5.73 Å². The molecule has 1 aromatic rings. The zero-order chi connectivity index (χ0) is 17.6. The first kappa shape index (κ1) is 17.8. The van der Waals surface area contributed by atoms with E-state index in [-0.39, 0.29) is 24.4 Å². The van der Waals surface area contributed by atoms with E-state index in [1.807, 2.05) is 18.2 Å². The summed E-state index contributed by atoms with van der Waals surface area (Å²) in [5.74, 6) is 0.373. The van der Waals surface area contributed by atoms with Gasteiger partial charge in [-0.2, -0.15) is 0 Å². The highest BCUT2D eigenvalue weighted by Crippen LogP contribution is 2.31. The fraction of sp³-hybridized carbons (Fsp3) is 0.600. The molecule has 4 N–H and O–H groups in total. The van der Waals surface area contributed by atoms with Crippen molar-refractivity contribution in [1.29, 1.82) is 0 Å². The molecule has 0 bridgehead atoms. The summed E-state index contributed by atoms with van der Waals surface area (Å²) in [4.78, 5) is 24.3. The van der Waals surface area contributed by atoms with Crippen molar-refractivity contribution in [3.05, 3.63) is 29.3 Å². The molecule has 0 saturated heterocycles. The molecule has 1 saturated carbocycles. The number of amides is 2. The lowest BCUT2D eigenvalue weighted by molar-refractivity contribution is -0.127. The van der Waals surface area contributed by atoms with Crippen molar-refractivity contribution in [2.75, 3.05) is 12.3 Å². The van der Waals surface area contributed by atoms with Crippen LogP contribution >= 0.6 is 0 Å². The summed E-state index contributed by atoms with van der Waals surface area (Å²) in [5.41, 5.74) is 8.99. The third-order valence-corrected chi connectivity index (χ3v) is 5.46. The SMILES string of the molecule is Nc1ccc2c(c1)CCCC2NC(=O)CNC(=O)CC1CCCCC1. The lowest BCUT2D eigenvalue weighted by Gasteiger charge is -2.27. The summed E-state index contributed by atoms with van der Waals surface area (Å²) in [6.45, 7) is 0.0619.